The van der Waals surface area contributed by atoms with Crippen LogP contribution in [0.5, 0.6) is 0 Å². The molecule has 2 aromatic heterocycles. The first-order valence-electron chi connectivity index (χ1n) is 6.59. The van der Waals surface area contributed by atoms with Crippen molar-refractivity contribution in [2.24, 2.45) is 0 Å². The van der Waals surface area contributed by atoms with E-state index in [-0.39, 0.29) is 18.0 Å². The molecule has 0 aliphatic carbocycles. The van der Waals surface area contributed by atoms with Gasteiger partial charge in [-0.2, -0.15) is 5.10 Å². The minimum Gasteiger partial charge on any atom is -0.354 e. The molecule has 6 heteroatoms. The van der Waals surface area contributed by atoms with E-state index in [1.165, 1.54) is 10.7 Å². The van der Waals surface area contributed by atoms with Crippen LogP contribution in [0.3, 0.4) is 0 Å². The molecular weight excluding hydrogens is 274 g/mol. The molecule has 2 aromatic rings. The summed E-state index contributed by atoms with van der Waals surface area (Å²) in [5.41, 5.74) is 0.442. The van der Waals surface area contributed by atoms with E-state index in [1.807, 2.05) is 17.5 Å². The van der Waals surface area contributed by atoms with Gasteiger partial charge in [-0.15, -0.1) is 11.3 Å². The van der Waals surface area contributed by atoms with Crippen molar-refractivity contribution in [3.8, 4) is 10.6 Å². The standard InChI is InChI=1S/C14H17N3O2S/c1-2-3-8-15-13(18)10-17-14(19)7-6-11(16-17)12-5-4-9-20-12/h4-7,9H,2-3,8,10H2,1H3,(H,15,18). The molecule has 2 rings (SSSR count). The van der Waals surface area contributed by atoms with Gasteiger partial charge in [0.15, 0.2) is 0 Å². The number of thiophene rings is 1. The van der Waals surface area contributed by atoms with Crippen LogP contribution >= 0.6 is 11.3 Å². The van der Waals surface area contributed by atoms with Crippen LogP contribution in [-0.4, -0.2) is 22.2 Å². The third-order valence-corrected chi connectivity index (χ3v) is 3.68. The molecule has 0 saturated carbocycles. The number of carbonyl (C=O) groups excluding carboxylic acids is 1. The predicted molar refractivity (Wildman–Crippen MR) is 79.7 cm³/mol. The summed E-state index contributed by atoms with van der Waals surface area (Å²) in [5.74, 6) is -0.184. The summed E-state index contributed by atoms with van der Waals surface area (Å²) < 4.78 is 1.20. The highest BCUT2D eigenvalue weighted by Crippen LogP contribution is 2.20. The number of aromatic nitrogens is 2. The monoisotopic (exact) mass is 291 g/mol. The van der Waals surface area contributed by atoms with Crippen LogP contribution in [0.2, 0.25) is 0 Å². The third kappa shape index (κ3) is 3.77. The second kappa shape index (κ2) is 7.00. The number of nitrogens with zero attached hydrogens (tertiary/aromatic N) is 2. The Bertz CT molecular complexity index is 620. The lowest BCUT2D eigenvalue weighted by molar-refractivity contribution is -0.121. The summed E-state index contributed by atoms with van der Waals surface area (Å²) in [6.45, 7) is 2.65. The number of carbonyl (C=O) groups is 1. The third-order valence-electron chi connectivity index (χ3n) is 2.79. The molecule has 0 aliphatic heterocycles. The Hall–Kier alpha value is -1.95. The van der Waals surface area contributed by atoms with Crippen LogP contribution in [0.4, 0.5) is 0 Å². The molecule has 0 saturated heterocycles. The number of unbranched alkanes of at least 4 members (excludes halogenated alkanes) is 1. The molecule has 0 atom stereocenters. The van der Waals surface area contributed by atoms with Gasteiger partial charge in [0.25, 0.3) is 5.56 Å². The van der Waals surface area contributed by atoms with Crippen molar-refractivity contribution in [3.63, 3.8) is 0 Å². The topological polar surface area (TPSA) is 64.0 Å². The summed E-state index contributed by atoms with van der Waals surface area (Å²) in [4.78, 5) is 24.4. The smallest absolute Gasteiger partial charge is 0.267 e. The van der Waals surface area contributed by atoms with Crippen LogP contribution in [0.15, 0.2) is 34.4 Å². The zero-order valence-corrected chi connectivity index (χ0v) is 12.2. The molecule has 1 amide bonds. The van der Waals surface area contributed by atoms with Crippen molar-refractivity contribution in [3.05, 3.63) is 40.0 Å². The van der Waals surface area contributed by atoms with Crippen LogP contribution in [0.1, 0.15) is 19.8 Å². The van der Waals surface area contributed by atoms with Gasteiger partial charge in [0, 0.05) is 12.6 Å². The fourth-order valence-electron chi connectivity index (χ4n) is 1.71. The van der Waals surface area contributed by atoms with Crippen LogP contribution < -0.4 is 10.9 Å². The summed E-state index contributed by atoms with van der Waals surface area (Å²) in [7, 11) is 0. The second-order valence-electron chi connectivity index (χ2n) is 4.40. The van der Waals surface area contributed by atoms with E-state index < -0.39 is 0 Å². The van der Waals surface area contributed by atoms with Crippen LogP contribution in [-0.2, 0) is 11.3 Å². The normalized spacial score (nSPS) is 10.4. The zero-order chi connectivity index (χ0) is 14.4. The van der Waals surface area contributed by atoms with Crippen LogP contribution in [0.25, 0.3) is 10.6 Å². The summed E-state index contributed by atoms with van der Waals surface area (Å²) >= 11 is 1.55. The average molecular weight is 291 g/mol. The molecule has 0 radical (unpaired) electrons. The highest BCUT2D eigenvalue weighted by molar-refractivity contribution is 7.13. The van der Waals surface area contributed by atoms with E-state index in [0.717, 1.165) is 17.7 Å². The summed E-state index contributed by atoms with van der Waals surface area (Å²) in [5, 5.41) is 8.96. The number of amides is 1. The lowest BCUT2D eigenvalue weighted by Gasteiger charge is -2.07. The van der Waals surface area contributed by atoms with Gasteiger partial charge in [-0.3, -0.25) is 9.59 Å². The van der Waals surface area contributed by atoms with Gasteiger partial charge in [0.05, 0.1) is 4.88 Å². The Morgan fingerprint density at radius 1 is 1.40 bits per heavy atom. The van der Waals surface area contributed by atoms with Gasteiger partial charge in [-0.1, -0.05) is 19.4 Å². The Labute approximate surface area is 121 Å². The van der Waals surface area contributed by atoms with E-state index >= 15 is 0 Å². The maximum atomic E-state index is 11.7. The van der Waals surface area contributed by atoms with Gasteiger partial charge in [0.1, 0.15) is 12.2 Å². The molecule has 1 N–H and O–H groups in total. The summed E-state index contributed by atoms with van der Waals surface area (Å²) in [6.07, 6.45) is 1.95. The van der Waals surface area contributed by atoms with E-state index in [1.54, 1.807) is 17.4 Å². The van der Waals surface area contributed by atoms with Crippen molar-refractivity contribution in [1.82, 2.24) is 15.1 Å². The number of rotatable bonds is 6. The molecule has 0 aromatic carbocycles. The van der Waals surface area contributed by atoms with Crippen molar-refractivity contribution in [2.75, 3.05) is 6.54 Å². The zero-order valence-electron chi connectivity index (χ0n) is 11.3. The molecule has 2 heterocycles. The highest BCUT2D eigenvalue weighted by Gasteiger charge is 2.07. The Kier molecular flexibility index (Phi) is 5.06. The lowest BCUT2D eigenvalue weighted by Crippen LogP contribution is -2.33. The van der Waals surface area contributed by atoms with E-state index in [4.69, 9.17) is 0 Å². The maximum Gasteiger partial charge on any atom is 0.267 e. The van der Waals surface area contributed by atoms with Crippen molar-refractivity contribution in [1.29, 1.82) is 0 Å². The highest BCUT2D eigenvalue weighted by atomic mass is 32.1. The van der Waals surface area contributed by atoms with Crippen LogP contribution in [0, 0.1) is 0 Å². The largest absolute Gasteiger partial charge is 0.354 e. The maximum absolute atomic E-state index is 11.7. The molecule has 5 nitrogen and oxygen atoms in total. The Morgan fingerprint density at radius 3 is 2.95 bits per heavy atom. The molecule has 0 unspecified atom stereocenters. The number of nitrogens with one attached hydrogen (secondary N) is 1. The van der Waals surface area contributed by atoms with E-state index in [0.29, 0.717) is 12.2 Å². The van der Waals surface area contributed by atoms with E-state index in [9.17, 15) is 9.59 Å². The molecule has 20 heavy (non-hydrogen) atoms. The first-order chi connectivity index (χ1) is 9.70. The molecule has 0 fully saturated rings. The lowest BCUT2D eigenvalue weighted by atomic mass is 10.3. The van der Waals surface area contributed by atoms with Gasteiger partial charge >= 0.3 is 0 Å². The Balaban J connectivity index is 2.09. The molecule has 106 valence electrons. The molecule has 0 bridgehead atoms. The average Bonchev–Trinajstić information content (AvgIpc) is 2.95. The first-order valence-corrected chi connectivity index (χ1v) is 7.47. The van der Waals surface area contributed by atoms with Gasteiger partial charge in [-0.05, 0) is 23.9 Å². The molecule has 0 spiro atoms. The molecular formula is C14H17N3O2S. The number of hydrogen-bond donors (Lipinski definition) is 1. The first kappa shape index (κ1) is 14.5. The van der Waals surface area contributed by atoms with E-state index in [2.05, 4.69) is 17.3 Å². The van der Waals surface area contributed by atoms with Crippen molar-refractivity contribution < 1.29 is 4.79 Å². The second-order valence-corrected chi connectivity index (χ2v) is 5.34. The minimum absolute atomic E-state index is 0.0399. The fraction of sp³-hybridized carbons (Fsp3) is 0.357. The predicted octanol–water partition coefficient (Wildman–Crippen LogP) is 1.89. The molecule has 0 aliphatic rings. The fourth-order valence-corrected chi connectivity index (χ4v) is 2.40. The van der Waals surface area contributed by atoms with Gasteiger partial charge < -0.3 is 5.32 Å². The van der Waals surface area contributed by atoms with Gasteiger partial charge in [-0.25, -0.2) is 4.68 Å². The quantitative estimate of drug-likeness (QED) is 0.827. The van der Waals surface area contributed by atoms with Crippen molar-refractivity contribution in [2.45, 2.75) is 26.3 Å². The Morgan fingerprint density at radius 2 is 2.25 bits per heavy atom. The SMILES string of the molecule is CCCCNC(=O)Cn1nc(-c2cccs2)ccc1=O. The van der Waals surface area contributed by atoms with Crippen molar-refractivity contribution >= 4 is 17.2 Å². The summed E-state index contributed by atoms with van der Waals surface area (Å²) in [6, 6.07) is 6.98. The number of hydrogen-bond acceptors (Lipinski definition) is 4. The van der Waals surface area contributed by atoms with Gasteiger partial charge in [0.2, 0.25) is 5.91 Å². The minimum atomic E-state index is -0.268.